The zero-order valence-electron chi connectivity index (χ0n) is 8.86. The van der Waals surface area contributed by atoms with Crippen molar-refractivity contribution in [2.45, 2.75) is 19.8 Å². The molecular formula is C12H16N2O. The summed E-state index contributed by atoms with van der Waals surface area (Å²) in [6.45, 7) is 2.09. The molecule has 1 aromatic rings. The molecule has 0 aliphatic carbocycles. The van der Waals surface area contributed by atoms with Crippen LogP contribution < -0.4 is 10.6 Å². The van der Waals surface area contributed by atoms with Gasteiger partial charge in [-0.05, 0) is 18.6 Å². The fourth-order valence-electron chi connectivity index (χ4n) is 1.07. The van der Waals surface area contributed by atoms with Crippen LogP contribution in [0.2, 0.25) is 0 Å². The quantitative estimate of drug-likeness (QED) is 0.777. The van der Waals surface area contributed by atoms with Crippen molar-refractivity contribution < 1.29 is 4.79 Å². The van der Waals surface area contributed by atoms with Crippen molar-refractivity contribution in [3.8, 4) is 0 Å². The van der Waals surface area contributed by atoms with Crippen LogP contribution in [0.5, 0.6) is 0 Å². The molecule has 0 spiro atoms. The lowest BCUT2D eigenvalue weighted by Crippen LogP contribution is -2.23. The molecule has 0 aliphatic heterocycles. The fraction of sp³-hybridized carbons (Fsp3) is 0.250. The van der Waals surface area contributed by atoms with Crippen molar-refractivity contribution in [1.29, 1.82) is 0 Å². The maximum atomic E-state index is 11.3. The van der Waals surface area contributed by atoms with Crippen LogP contribution in [0.25, 0.3) is 0 Å². The zero-order valence-corrected chi connectivity index (χ0v) is 8.86. The number of nitrogens with one attached hydrogen (secondary N) is 2. The van der Waals surface area contributed by atoms with Gasteiger partial charge < -0.3 is 10.6 Å². The van der Waals surface area contributed by atoms with Crippen LogP contribution in [-0.4, -0.2) is 6.03 Å². The highest BCUT2D eigenvalue weighted by atomic mass is 16.2. The maximum absolute atomic E-state index is 11.3. The molecule has 0 aromatic heterocycles. The van der Waals surface area contributed by atoms with Crippen LogP contribution in [0.3, 0.4) is 0 Å². The monoisotopic (exact) mass is 204 g/mol. The smallest absolute Gasteiger partial charge is 0.315 e. The van der Waals surface area contributed by atoms with Gasteiger partial charge in [0, 0.05) is 11.9 Å². The molecule has 0 saturated heterocycles. The number of hydrogen-bond donors (Lipinski definition) is 2. The van der Waals surface area contributed by atoms with Gasteiger partial charge in [-0.2, -0.15) is 0 Å². The van der Waals surface area contributed by atoms with Gasteiger partial charge in [-0.15, -0.1) is 0 Å². The van der Waals surface area contributed by atoms with Crippen molar-refractivity contribution in [3.05, 3.63) is 42.6 Å². The molecular weight excluding hydrogens is 188 g/mol. The third-order valence-corrected chi connectivity index (χ3v) is 1.82. The number of allylic oxidation sites excluding steroid dienone is 1. The minimum absolute atomic E-state index is 0.214. The first-order valence-corrected chi connectivity index (χ1v) is 5.10. The Morgan fingerprint density at radius 2 is 2.07 bits per heavy atom. The predicted octanol–water partition coefficient (Wildman–Crippen LogP) is 3.12. The van der Waals surface area contributed by atoms with Crippen LogP contribution in [0.1, 0.15) is 19.8 Å². The van der Waals surface area contributed by atoms with Crippen molar-refractivity contribution in [3.63, 3.8) is 0 Å². The van der Waals surface area contributed by atoms with E-state index in [1.54, 1.807) is 6.20 Å². The summed E-state index contributed by atoms with van der Waals surface area (Å²) in [4.78, 5) is 11.3. The average Bonchev–Trinajstić information content (AvgIpc) is 2.26. The second-order valence-corrected chi connectivity index (χ2v) is 3.16. The Balaban J connectivity index is 2.31. The number of carbonyl (C=O) groups excluding carboxylic acids is 1. The Morgan fingerprint density at radius 3 is 2.73 bits per heavy atom. The minimum atomic E-state index is -0.214. The van der Waals surface area contributed by atoms with Gasteiger partial charge in [-0.1, -0.05) is 37.6 Å². The Hall–Kier alpha value is -1.77. The molecule has 0 atom stereocenters. The average molecular weight is 204 g/mol. The number of amides is 2. The van der Waals surface area contributed by atoms with Gasteiger partial charge in [-0.3, -0.25) is 0 Å². The van der Waals surface area contributed by atoms with Gasteiger partial charge in [0.2, 0.25) is 0 Å². The van der Waals surface area contributed by atoms with E-state index in [2.05, 4.69) is 17.6 Å². The SMILES string of the molecule is CCCC=CNC(=O)Nc1ccccc1. The summed E-state index contributed by atoms with van der Waals surface area (Å²) in [5, 5.41) is 5.35. The number of rotatable bonds is 4. The van der Waals surface area contributed by atoms with Gasteiger partial charge in [0.1, 0.15) is 0 Å². The Bertz CT molecular complexity index is 320. The van der Waals surface area contributed by atoms with Crippen LogP contribution in [0.15, 0.2) is 42.6 Å². The number of urea groups is 1. The first-order valence-electron chi connectivity index (χ1n) is 5.10. The summed E-state index contributed by atoms with van der Waals surface area (Å²) < 4.78 is 0. The van der Waals surface area contributed by atoms with Crippen LogP contribution in [0, 0.1) is 0 Å². The summed E-state index contributed by atoms with van der Waals surface area (Å²) in [5.74, 6) is 0. The van der Waals surface area contributed by atoms with E-state index in [1.807, 2.05) is 36.4 Å². The molecule has 1 aromatic carbocycles. The number of hydrogen-bond acceptors (Lipinski definition) is 1. The molecule has 0 radical (unpaired) electrons. The molecule has 0 aliphatic rings. The topological polar surface area (TPSA) is 41.1 Å². The van der Waals surface area contributed by atoms with Gasteiger partial charge in [-0.25, -0.2) is 4.79 Å². The van der Waals surface area contributed by atoms with Gasteiger partial charge in [0.15, 0.2) is 0 Å². The predicted molar refractivity (Wildman–Crippen MR) is 62.6 cm³/mol. The molecule has 0 unspecified atom stereocenters. The number of para-hydroxylation sites is 1. The zero-order chi connectivity index (χ0) is 10.9. The van der Waals surface area contributed by atoms with Crippen molar-refractivity contribution in [2.24, 2.45) is 0 Å². The standard InChI is InChI=1S/C12H16N2O/c1-2-3-7-10-13-12(15)14-11-8-5-4-6-9-11/h4-10H,2-3H2,1H3,(H2,13,14,15). The second kappa shape index (κ2) is 6.65. The summed E-state index contributed by atoms with van der Waals surface area (Å²) >= 11 is 0. The third kappa shape index (κ3) is 4.86. The van der Waals surface area contributed by atoms with Gasteiger partial charge >= 0.3 is 6.03 Å². The van der Waals surface area contributed by atoms with Gasteiger partial charge in [0.05, 0.1) is 0 Å². The van der Waals surface area contributed by atoms with E-state index in [0.717, 1.165) is 18.5 Å². The molecule has 1 rings (SSSR count). The lowest BCUT2D eigenvalue weighted by molar-refractivity contribution is 0.255. The first-order chi connectivity index (χ1) is 7.33. The molecule has 0 saturated carbocycles. The fourth-order valence-corrected chi connectivity index (χ4v) is 1.07. The highest BCUT2D eigenvalue weighted by molar-refractivity contribution is 5.89. The Kier molecular flexibility index (Phi) is 5.01. The van der Waals surface area contributed by atoms with E-state index >= 15 is 0 Å². The molecule has 0 heterocycles. The molecule has 15 heavy (non-hydrogen) atoms. The molecule has 0 bridgehead atoms. The molecule has 80 valence electrons. The van der Waals surface area contributed by atoms with E-state index in [1.165, 1.54) is 0 Å². The normalized spacial score (nSPS) is 10.2. The summed E-state index contributed by atoms with van der Waals surface area (Å²) in [6.07, 6.45) is 5.66. The van der Waals surface area contributed by atoms with E-state index in [9.17, 15) is 4.79 Å². The van der Waals surface area contributed by atoms with E-state index in [0.29, 0.717) is 0 Å². The van der Waals surface area contributed by atoms with Gasteiger partial charge in [0.25, 0.3) is 0 Å². The highest BCUT2D eigenvalue weighted by Gasteiger charge is 1.96. The minimum Gasteiger partial charge on any atom is -0.315 e. The number of unbranched alkanes of at least 4 members (excludes halogenated alkanes) is 1. The molecule has 3 nitrogen and oxygen atoms in total. The molecule has 3 heteroatoms. The largest absolute Gasteiger partial charge is 0.323 e. The third-order valence-electron chi connectivity index (χ3n) is 1.82. The van der Waals surface area contributed by atoms with E-state index in [4.69, 9.17) is 0 Å². The lowest BCUT2D eigenvalue weighted by atomic mass is 10.3. The molecule has 0 fully saturated rings. The van der Waals surface area contributed by atoms with E-state index in [-0.39, 0.29) is 6.03 Å². The Labute approximate surface area is 90.2 Å². The van der Waals surface area contributed by atoms with Crippen molar-refractivity contribution >= 4 is 11.7 Å². The van der Waals surface area contributed by atoms with Crippen molar-refractivity contribution in [1.82, 2.24) is 5.32 Å². The first kappa shape index (κ1) is 11.3. The van der Waals surface area contributed by atoms with Crippen LogP contribution >= 0.6 is 0 Å². The number of benzene rings is 1. The molecule has 2 N–H and O–H groups in total. The summed E-state index contributed by atoms with van der Waals surface area (Å²) in [7, 11) is 0. The number of anilines is 1. The van der Waals surface area contributed by atoms with Crippen LogP contribution in [-0.2, 0) is 0 Å². The number of carbonyl (C=O) groups is 1. The molecule has 2 amide bonds. The highest BCUT2D eigenvalue weighted by Crippen LogP contribution is 2.03. The lowest BCUT2D eigenvalue weighted by Gasteiger charge is -2.03. The summed E-state index contributed by atoms with van der Waals surface area (Å²) in [5.41, 5.74) is 0.791. The summed E-state index contributed by atoms with van der Waals surface area (Å²) in [6, 6.07) is 9.13. The van der Waals surface area contributed by atoms with E-state index < -0.39 is 0 Å². The Morgan fingerprint density at radius 1 is 1.33 bits per heavy atom. The van der Waals surface area contributed by atoms with Crippen molar-refractivity contribution in [2.75, 3.05) is 5.32 Å². The maximum Gasteiger partial charge on any atom is 0.323 e. The second-order valence-electron chi connectivity index (χ2n) is 3.16. The van der Waals surface area contributed by atoms with Crippen LogP contribution in [0.4, 0.5) is 10.5 Å².